The topological polar surface area (TPSA) is 71.3 Å². The summed E-state index contributed by atoms with van der Waals surface area (Å²) in [6.45, 7) is 1.49. The summed E-state index contributed by atoms with van der Waals surface area (Å²) in [6, 6.07) is 1.95. The first kappa shape index (κ1) is 14.2. The minimum absolute atomic E-state index is 0.0400. The second kappa shape index (κ2) is 6.02. The lowest BCUT2D eigenvalue weighted by Gasteiger charge is -2.33. The second-order valence-electron chi connectivity index (χ2n) is 6.25. The van der Waals surface area contributed by atoms with Gasteiger partial charge in [0.2, 0.25) is 0 Å². The minimum atomic E-state index is 0.0400. The van der Waals surface area contributed by atoms with Gasteiger partial charge < -0.3 is 14.6 Å². The number of piperidine rings is 1. The molecular formula is C17H20N4O2. The largest absolute Gasteiger partial charge is 0.472 e. The Kier molecular flexibility index (Phi) is 3.73. The fraction of sp³-hybridized carbons (Fsp3) is 0.471. The van der Waals surface area contributed by atoms with Gasteiger partial charge in [-0.3, -0.25) is 4.79 Å². The molecule has 6 nitrogen and oxygen atoms in total. The van der Waals surface area contributed by atoms with Crippen LogP contribution in [0.1, 0.15) is 40.9 Å². The zero-order valence-electron chi connectivity index (χ0n) is 13.0. The summed E-state index contributed by atoms with van der Waals surface area (Å²) in [5.74, 6) is 0.994. The van der Waals surface area contributed by atoms with Gasteiger partial charge in [0.25, 0.3) is 5.91 Å². The first-order valence-corrected chi connectivity index (χ1v) is 8.22. The van der Waals surface area contributed by atoms with Gasteiger partial charge in [0.1, 0.15) is 18.4 Å². The van der Waals surface area contributed by atoms with E-state index < -0.39 is 0 Å². The zero-order chi connectivity index (χ0) is 15.6. The number of fused-ring (bicyclic) bond motifs is 1. The zero-order valence-corrected chi connectivity index (χ0v) is 13.0. The molecule has 120 valence electrons. The van der Waals surface area contributed by atoms with Gasteiger partial charge >= 0.3 is 0 Å². The summed E-state index contributed by atoms with van der Waals surface area (Å²) in [7, 11) is 0. The van der Waals surface area contributed by atoms with Crippen LogP contribution in [0.15, 0.2) is 29.3 Å². The highest BCUT2D eigenvalue weighted by molar-refractivity contribution is 5.93. The molecule has 4 rings (SSSR count). The van der Waals surface area contributed by atoms with E-state index in [-0.39, 0.29) is 11.9 Å². The molecular weight excluding hydrogens is 292 g/mol. The van der Waals surface area contributed by atoms with Crippen LogP contribution >= 0.6 is 0 Å². The van der Waals surface area contributed by atoms with Crippen molar-refractivity contribution in [1.82, 2.24) is 14.9 Å². The number of likely N-dealkylation sites (tertiary alicyclic amines) is 1. The Hall–Kier alpha value is -2.37. The van der Waals surface area contributed by atoms with Gasteiger partial charge in [0.05, 0.1) is 11.8 Å². The Morgan fingerprint density at radius 2 is 2.26 bits per heavy atom. The van der Waals surface area contributed by atoms with Crippen LogP contribution in [-0.2, 0) is 12.8 Å². The van der Waals surface area contributed by atoms with E-state index in [0.717, 1.165) is 44.5 Å². The lowest BCUT2D eigenvalue weighted by molar-refractivity contribution is 0.0714. The van der Waals surface area contributed by atoms with E-state index in [2.05, 4.69) is 15.3 Å². The maximum atomic E-state index is 12.5. The molecule has 0 radical (unpaired) electrons. The van der Waals surface area contributed by atoms with Gasteiger partial charge in [0.15, 0.2) is 0 Å². The molecule has 2 aromatic rings. The number of aryl methyl sites for hydroxylation is 1. The summed E-state index contributed by atoms with van der Waals surface area (Å²) in [5.41, 5.74) is 3.05. The number of nitrogens with one attached hydrogen (secondary N) is 1. The lowest BCUT2D eigenvalue weighted by atomic mass is 10.0. The highest BCUT2D eigenvalue weighted by Gasteiger charge is 2.26. The Labute approximate surface area is 134 Å². The van der Waals surface area contributed by atoms with Crippen molar-refractivity contribution >= 4 is 11.7 Å². The van der Waals surface area contributed by atoms with Gasteiger partial charge in [-0.25, -0.2) is 9.97 Å². The van der Waals surface area contributed by atoms with Crippen molar-refractivity contribution in [1.29, 1.82) is 0 Å². The second-order valence-corrected chi connectivity index (χ2v) is 6.25. The van der Waals surface area contributed by atoms with Crippen molar-refractivity contribution in [3.8, 4) is 0 Å². The summed E-state index contributed by atoms with van der Waals surface area (Å²) >= 11 is 0. The van der Waals surface area contributed by atoms with E-state index in [1.165, 1.54) is 23.8 Å². The molecule has 0 spiro atoms. The van der Waals surface area contributed by atoms with Gasteiger partial charge in [-0.2, -0.15) is 0 Å². The maximum Gasteiger partial charge on any atom is 0.257 e. The molecule has 3 heterocycles. The van der Waals surface area contributed by atoms with E-state index in [4.69, 9.17) is 4.42 Å². The number of carbonyl (C=O) groups is 1. The molecule has 0 aromatic carbocycles. The third-order valence-corrected chi connectivity index (χ3v) is 4.69. The first-order chi connectivity index (χ1) is 11.3. The number of aromatic nitrogens is 2. The van der Waals surface area contributed by atoms with Gasteiger partial charge in [0, 0.05) is 30.4 Å². The number of anilines is 1. The molecule has 1 amide bonds. The first-order valence-electron chi connectivity index (χ1n) is 8.22. The van der Waals surface area contributed by atoms with E-state index in [0.29, 0.717) is 12.1 Å². The van der Waals surface area contributed by atoms with Crippen LogP contribution in [0.25, 0.3) is 0 Å². The Morgan fingerprint density at radius 1 is 1.30 bits per heavy atom. The third kappa shape index (κ3) is 2.81. The number of hydrogen-bond acceptors (Lipinski definition) is 5. The van der Waals surface area contributed by atoms with Crippen LogP contribution in [0.4, 0.5) is 5.82 Å². The fourth-order valence-electron chi connectivity index (χ4n) is 3.53. The van der Waals surface area contributed by atoms with Crippen LogP contribution in [0.5, 0.6) is 0 Å². The predicted molar refractivity (Wildman–Crippen MR) is 85.3 cm³/mol. The van der Waals surface area contributed by atoms with Gasteiger partial charge in [-0.15, -0.1) is 0 Å². The summed E-state index contributed by atoms with van der Waals surface area (Å²) in [4.78, 5) is 23.1. The standard InChI is InChI=1S/C17H20N4O2/c22-17(12-6-8-23-10-12)21-7-2-3-13(9-21)20-16-14-4-1-5-15(14)18-11-19-16/h6,8,10-11,13H,1-5,7,9H2,(H,18,19,20)/t13-/m1/s1. The molecule has 6 heteroatoms. The van der Waals surface area contributed by atoms with Crippen LogP contribution in [0, 0.1) is 0 Å². The van der Waals surface area contributed by atoms with Gasteiger partial charge in [-0.1, -0.05) is 0 Å². The molecule has 0 unspecified atom stereocenters. The Balaban J connectivity index is 1.46. The summed E-state index contributed by atoms with van der Waals surface area (Å²) in [6.07, 6.45) is 9.98. The molecule has 1 saturated heterocycles. The maximum absolute atomic E-state index is 12.5. The average molecular weight is 312 g/mol. The number of hydrogen-bond donors (Lipinski definition) is 1. The van der Waals surface area contributed by atoms with Crippen LogP contribution in [0.3, 0.4) is 0 Å². The molecule has 0 saturated carbocycles. The molecule has 23 heavy (non-hydrogen) atoms. The number of rotatable bonds is 3. The molecule has 1 aliphatic carbocycles. The fourth-order valence-corrected chi connectivity index (χ4v) is 3.53. The van der Waals surface area contributed by atoms with Crippen molar-refractivity contribution in [3.05, 3.63) is 41.7 Å². The van der Waals surface area contributed by atoms with E-state index in [1.807, 2.05) is 4.90 Å². The molecule has 1 fully saturated rings. The van der Waals surface area contributed by atoms with E-state index in [9.17, 15) is 4.79 Å². The van der Waals surface area contributed by atoms with Crippen LogP contribution in [-0.4, -0.2) is 39.9 Å². The smallest absolute Gasteiger partial charge is 0.257 e. The van der Waals surface area contributed by atoms with Crippen molar-refractivity contribution in [2.45, 2.75) is 38.1 Å². The monoisotopic (exact) mass is 312 g/mol. The number of amides is 1. The summed E-state index contributed by atoms with van der Waals surface area (Å²) < 4.78 is 5.02. The van der Waals surface area contributed by atoms with Crippen molar-refractivity contribution < 1.29 is 9.21 Å². The Bertz CT molecular complexity index is 699. The van der Waals surface area contributed by atoms with Crippen molar-refractivity contribution in [2.24, 2.45) is 0 Å². The molecule has 2 aliphatic rings. The predicted octanol–water partition coefficient (Wildman–Crippen LogP) is 2.28. The van der Waals surface area contributed by atoms with E-state index in [1.54, 1.807) is 12.4 Å². The molecule has 2 aromatic heterocycles. The van der Waals surface area contributed by atoms with E-state index >= 15 is 0 Å². The van der Waals surface area contributed by atoms with Crippen molar-refractivity contribution in [3.63, 3.8) is 0 Å². The van der Waals surface area contributed by atoms with Gasteiger partial charge in [-0.05, 0) is 38.2 Å². The quantitative estimate of drug-likeness (QED) is 0.941. The SMILES string of the molecule is O=C(c1ccoc1)N1CCC[C@@H](Nc2ncnc3c2CCC3)C1. The molecule has 1 aliphatic heterocycles. The number of carbonyl (C=O) groups excluding carboxylic acids is 1. The Morgan fingerprint density at radius 3 is 3.13 bits per heavy atom. The van der Waals surface area contributed by atoms with Crippen molar-refractivity contribution in [2.75, 3.05) is 18.4 Å². The van der Waals surface area contributed by atoms with Crippen LogP contribution < -0.4 is 5.32 Å². The third-order valence-electron chi connectivity index (χ3n) is 4.69. The minimum Gasteiger partial charge on any atom is -0.472 e. The number of furan rings is 1. The molecule has 0 bridgehead atoms. The molecule has 1 atom stereocenters. The summed E-state index contributed by atoms with van der Waals surface area (Å²) in [5, 5.41) is 3.54. The normalized spacial score (nSPS) is 20.3. The molecule has 1 N–H and O–H groups in total. The average Bonchev–Trinajstić information content (AvgIpc) is 3.26. The lowest BCUT2D eigenvalue weighted by Crippen LogP contribution is -2.45. The highest BCUT2D eigenvalue weighted by Crippen LogP contribution is 2.26. The number of nitrogens with zero attached hydrogens (tertiary/aromatic N) is 3. The van der Waals surface area contributed by atoms with Crippen LogP contribution in [0.2, 0.25) is 0 Å². The highest BCUT2D eigenvalue weighted by atomic mass is 16.3.